The van der Waals surface area contributed by atoms with Gasteiger partial charge in [-0.2, -0.15) is 0 Å². The minimum atomic E-state index is -0.145. The largest absolute Gasteiger partial charge is 0.493 e. The van der Waals surface area contributed by atoms with Gasteiger partial charge in [-0.05, 0) is 25.0 Å². The van der Waals surface area contributed by atoms with Crippen molar-refractivity contribution in [1.82, 2.24) is 0 Å². The number of carbonyl (C=O) groups is 2. The van der Waals surface area contributed by atoms with Crippen LogP contribution in [0.15, 0.2) is 36.4 Å². The van der Waals surface area contributed by atoms with Crippen molar-refractivity contribution in [3.05, 3.63) is 58.7 Å². The maximum absolute atomic E-state index is 13.7. The van der Waals surface area contributed by atoms with Crippen LogP contribution in [0.4, 0.5) is 0 Å². The maximum Gasteiger partial charge on any atom is 0.198 e. The molecule has 280 valence electrons. The standard InChI is InChI=1S/C46H72O4/c1-3-5-7-9-11-13-15-17-19-21-23-25-27-31-37-49-41-35-36-42(44-43(41)45(47)39-33-29-30-34-40(39)46(44)48)50-38-32-28-26-24-22-20-18-16-14-12-10-8-6-4-2/h29-30,33-36H,3-28,31-32,37-38H2,1-2H3. The van der Waals surface area contributed by atoms with Crippen LogP contribution in [0.3, 0.4) is 0 Å². The van der Waals surface area contributed by atoms with Gasteiger partial charge in [-0.15, -0.1) is 0 Å². The number of hydrogen-bond donors (Lipinski definition) is 0. The van der Waals surface area contributed by atoms with Crippen LogP contribution < -0.4 is 9.47 Å². The molecule has 0 fully saturated rings. The molecule has 0 aliphatic heterocycles. The Morgan fingerprint density at radius 1 is 0.360 bits per heavy atom. The Balaban J connectivity index is 1.35. The first-order valence-corrected chi connectivity index (χ1v) is 21.3. The molecule has 0 spiro atoms. The first kappa shape index (κ1) is 41.8. The number of rotatable bonds is 32. The monoisotopic (exact) mass is 689 g/mol. The van der Waals surface area contributed by atoms with E-state index in [1.807, 2.05) is 24.3 Å². The van der Waals surface area contributed by atoms with E-state index in [1.165, 1.54) is 154 Å². The smallest absolute Gasteiger partial charge is 0.198 e. The number of ether oxygens (including phenoxy) is 2. The van der Waals surface area contributed by atoms with Gasteiger partial charge in [0.25, 0.3) is 0 Å². The molecule has 0 radical (unpaired) electrons. The lowest BCUT2D eigenvalue weighted by atomic mass is 9.83. The fourth-order valence-electron chi connectivity index (χ4n) is 7.36. The highest BCUT2D eigenvalue weighted by molar-refractivity contribution is 6.30. The van der Waals surface area contributed by atoms with Crippen molar-refractivity contribution in [3.8, 4) is 11.5 Å². The summed E-state index contributed by atoms with van der Waals surface area (Å²) in [7, 11) is 0. The van der Waals surface area contributed by atoms with Gasteiger partial charge in [-0.25, -0.2) is 0 Å². The fourth-order valence-corrected chi connectivity index (χ4v) is 7.36. The molecule has 4 heteroatoms. The molecule has 0 aromatic heterocycles. The third-order valence-electron chi connectivity index (χ3n) is 10.5. The van der Waals surface area contributed by atoms with E-state index >= 15 is 0 Å². The van der Waals surface area contributed by atoms with Crippen molar-refractivity contribution in [2.24, 2.45) is 0 Å². The first-order chi connectivity index (χ1) is 24.7. The third kappa shape index (κ3) is 15.7. The van der Waals surface area contributed by atoms with Crippen LogP contribution in [0.5, 0.6) is 11.5 Å². The molecule has 3 rings (SSSR count). The molecule has 50 heavy (non-hydrogen) atoms. The molecular weight excluding hydrogens is 617 g/mol. The molecule has 0 N–H and O–H groups in total. The van der Waals surface area contributed by atoms with Crippen molar-refractivity contribution < 1.29 is 19.1 Å². The predicted molar refractivity (Wildman–Crippen MR) is 211 cm³/mol. The number of hydrogen-bond acceptors (Lipinski definition) is 4. The molecule has 4 nitrogen and oxygen atoms in total. The summed E-state index contributed by atoms with van der Waals surface area (Å²) in [6.45, 7) is 5.65. The lowest BCUT2D eigenvalue weighted by Gasteiger charge is -2.23. The Kier molecular flexibility index (Phi) is 22.6. The zero-order valence-corrected chi connectivity index (χ0v) is 32.3. The van der Waals surface area contributed by atoms with Crippen molar-refractivity contribution in [3.63, 3.8) is 0 Å². The van der Waals surface area contributed by atoms with Crippen LogP contribution in [-0.4, -0.2) is 24.8 Å². The van der Waals surface area contributed by atoms with E-state index in [1.54, 1.807) is 12.1 Å². The predicted octanol–water partition coefficient (Wildman–Crippen LogP) is 14.2. The third-order valence-corrected chi connectivity index (χ3v) is 10.5. The van der Waals surface area contributed by atoms with Crippen molar-refractivity contribution in [2.45, 2.75) is 194 Å². The van der Waals surface area contributed by atoms with Gasteiger partial charge in [0.1, 0.15) is 11.5 Å². The molecule has 0 bridgehead atoms. The zero-order valence-electron chi connectivity index (χ0n) is 32.3. The quantitative estimate of drug-likeness (QED) is 0.0613. The van der Waals surface area contributed by atoms with Gasteiger partial charge in [0.05, 0.1) is 24.3 Å². The molecule has 1 aliphatic carbocycles. The molecule has 0 unspecified atom stereocenters. The van der Waals surface area contributed by atoms with E-state index < -0.39 is 0 Å². The van der Waals surface area contributed by atoms with Gasteiger partial charge in [-0.1, -0.05) is 205 Å². The Hall–Kier alpha value is -2.62. The summed E-state index contributed by atoms with van der Waals surface area (Å²) >= 11 is 0. The highest BCUT2D eigenvalue weighted by atomic mass is 16.5. The summed E-state index contributed by atoms with van der Waals surface area (Å²) < 4.78 is 12.4. The molecule has 1 aliphatic rings. The second-order valence-corrected chi connectivity index (χ2v) is 14.9. The average molecular weight is 689 g/mol. The van der Waals surface area contributed by atoms with E-state index in [9.17, 15) is 9.59 Å². The molecule has 0 amide bonds. The zero-order chi connectivity index (χ0) is 35.5. The number of unbranched alkanes of at least 4 members (excludes halogenated alkanes) is 26. The molecule has 2 aromatic rings. The number of ketones is 2. The maximum atomic E-state index is 13.7. The van der Waals surface area contributed by atoms with Crippen molar-refractivity contribution in [1.29, 1.82) is 0 Å². The summed E-state index contributed by atoms with van der Waals surface area (Å²) in [6, 6.07) is 10.8. The first-order valence-electron chi connectivity index (χ1n) is 21.3. The van der Waals surface area contributed by atoms with Crippen LogP contribution in [0.25, 0.3) is 0 Å². The normalized spacial score (nSPS) is 12.3. The highest BCUT2D eigenvalue weighted by Gasteiger charge is 2.35. The Bertz CT molecular complexity index is 1110. The molecule has 0 saturated heterocycles. The molecule has 0 saturated carbocycles. The Morgan fingerprint density at radius 3 is 0.900 bits per heavy atom. The topological polar surface area (TPSA) is 52.6 Å². The van der Waals surface area contributed by atoms with Crippen molar-refractivity contribution in [2.75, 3.05) is 13.2 Å². The fraction of sp³-hybridized carbons (Fsp3) is 0.696. The van der Waals surface area contributed by atoms with Crippen LogP contribution in [0.2, 0.25) is 0 Å². The SMILES string of the molecule is CCCCCCCCCCCCCCCCOc1ccc(OCCCCCCCCCCCCCCCC)c2c1C(=O)c1ccccc1C2=O. The lowest BCUT2D eigenvalue weighted by Crippen LogP contribution is -2.23. The number of carbonyl (C=O) groups excluding carboxylic acids is 2. The van der Waals surface area contributed by atoms with Gasteiger partial charge in [0.15, 0.2) is 11.6 Å². The van der Waals surface area contributed by atoms with Gasteiger partial charge in [0, 0.05) is 11.1 Å². The van der Waals surface area contributed by atoms with E-state index in [0.29, 0.717) is 47.0 Å². The van der Waals surface area contributed by atoms with Gasteiger partial charge < -0.3 is 9.47 Å². The van der Waals surface area contributed by atoms with E-state index in [-0.39, 0.29) is 11.6 Å². The molecular formula is C46H72O4. The minimum absolute atomic E-state index is 0.145. The molecule has 0 heterocycles. The van der Waals surface area contributed by atoms with Gasteiger partial charge >= 0.3 is 0 Å². The summed E-state index contributed by atoms with van der Waals surface area (Å²) in [5.74, 6) is 0.721. The Morgan fingerprint density at radius 2 is 0.620 bits per heavy atom. The number of benzene rings is 2. The highest BCUT2D eigenvalue weighted by Crippen LogP contribution is 2.39. The van der Waals surface area contributed by atoms with Crippen LogP contribution in [-0.2, 0) is 0 Å². The second kappa shape index (κ2) is 27.1. The summed E-state index contributed by atoms with van der Waals surface area (Å²) in [4.78, 5) is 27.4. The Labute approximate surface area is 306 Å². The van der Waals surface area contributed by atoms with Crippen LogP contribution >= 0.6 is 0 Å². The number of fused-ring (bicyclic) bond motifs is 2. The summed E-state index contributed by atoms with van der Waals surface area (Å²) in [6.07, 6.45) is 36.7. The van der Waals surface area contributed by atoms with E-state index in [4.69, 9.17) is 9.47 Å². The van der Waals surface area contributed by atoms with Gasteiger partial charge in [0.2, 0.25) is 0 Å². The van der Waals surface area contributed by atoms with E-state index in [2.05, 4.69) is 13.8 Å². The van der Waals surface area contributed by atoms with E-state index in [0.717, 1.165) is 25.7 Å². The lowest BCUT2D eigenvalue weighted by molar-refractivity contribution is 0.0971. The second-order valence-electron chi connectivity index (χ2n) is 14.9. The average Bonchev–Trinajstić information content (AvgIpc) is 3.14. The molecule has 0 atom stereocenters. The molecule has 2 aromatic carbocycles. The van der Waals surface area contributed by atoms with Crippen LogP contribution in [0.1, 0.15) is 225 Å². The minimum Gasteiger partial charge on any atom is -0.493 e. The summed E-state index contributed by atoms with van der Waals surface area (Å²) in [5.41, 5.74) is 1.65. The summed E-state index contributed by atoms with van der Waals surface area (Å²) in [5, 5.41) is 0. The van der Waals surface area contributed by atoms with Gasteiger partial charge in [-0.3, -0.25) is 9.59 Å². The van der Waals surface area contributed by atoms with Crippen LogP contribution in [0, 0.1) is 0 Å². The van der Waals surface area contributed by atoms with Crippen molar-refractivity contribution >= 4 is 11.6 Å².